The summed E-state index contributed by atoms with van der Waals surface area (Å²) in [6, 6.07) is 21.5. The number of carbonyl (C=O) groups is 1. The fourth-order valence-corrected chi connectivity index (χ4v) is 5.50. The highest BCUT2D eigenvalue weighted by atomic mass is 35.5. The largest absolute Gasteiger partial charge is 0.288 e. The molecule has 1 unspecified atom stereocenters. The summed E-state index contributed by atoms with van der Waals surface area (Å²) in [5, 5.41) is 2.35. The molecule has 1 amide bonds. The quantitative estimate of drug-likeness (QED) is 0.335. The van der Waals surface area contributed by atoms with Crippen molar-refractivity contribution in [3.63, 3.8) is 0 Å². The molecular formula is C28H21ClF2N2O. The molecule has 0 fully saturated rings. The Morgan fingerprint density at radius 1 is 0.941 bits per heavy atom. The molecule has 34 heavy (non-hydrogen) atoms. The Labute approximate surface area is 201 Å². The normalized spacial score (nSPS) is 17.4. The van der Waals surface area contributed by atoms with Crippen molar-refractivity contribution in [2.45, 2.75) is 19.0 Å². The van der Waals surface area contributed by atoms with Gasteiger partial charge in [0.1, 0.15) is 6.17 Å². The monoisotopic (exact) mass is 474 g/mol. The first-order chi connectivity index (χ1) is 16.5. The molecule has 0 bridgehead atoms. The van der Waals surface area contributed by atoms with Crippen molar-refractivity contribution < 1.29 is 13.6 Å². The van der Waals surface area contributed by atoms with E-state index in [1.165, 1.54) is 11.6 Å². The lowest BCUT2D eigenvalue weighted by atomic mass is 9.90. The number of hydrogen-bond acceptors (Lipinski definition) is 2. The van der Waals surface area contributed by atoms with Gasteiger partial charge in [0.2, 0.25) is 0 Å². The number of carbonyl (C=O) groups excluding carboxylic acids is 1. The van der Waals surface area contributed by atoms with Crippen LogP contribution >= 0.6 is 11.6 Å². The summed E-state index contributed by atoms with van der Waals surface area (Å²) in [6.45, 7) is 1.49. The Balaban J connectivity index is 1.50. The van der Waals surface area contributed by atoms with Crippen molar-refractivity contribution in [1.82, 2.24) is 4.90 Å². The Morgan fingerprint density at radius 2 is 1.76 bits per heavy atom. The van der Waals surface area contributed by atoms with Crippen LogP contribution in [0.2, 0.25) is 5.02 Å². The van der Waals surface area contributed by atoms with Crippen molar-refractivity contribution in [3.05, 3.63) is 112 Å². The Morgan fingerprint density at radius 3 is 2.56 bits per heavy atom. The third kappa shape index (κ3) is 3.39. The van der Waals surface area contributed by atoms with Gasteiger partial charge >= 0.3 is 0 Å². The second-order valence-corrected chi connectivity index (χ2v) is 9.30. The van der Waals surface area contributed by atoms with E-state index < -0.39 is 11.6 Å². The van der Waals surface area contributed by atoms with Crippen LogP contribution in [-0.4, -0.2) is 23.9 Å². The van der Waals surface area contributed by atoms with Crippen molar-refractivity contribution in [3.8, 4) is 0 Å². The number of hydrogen-bond donors (Lipinski definition) is 0. The van der Waals surface area contributed by atoms with Gasteiger partial charge < -0.3 is 0 Å². The van der Waals surface area contributed by atoms with Crippen LogP contribution in [0.15, 0.2) is 72.8 Å². The maximum atomic E-state index is 14.2. The van der Waals surface area contributed by atoms with E-state index in [-0.39, 0.29) is 12.1 Å². The second kappa shape index (κ2) is 8.19. The number of benzene rings is 4. The van der Waals surface area contributed by atoms with Crippen molar-refractivity contribution in [2.24, 2.45) is 0 Å². The lowest BCUT2D eigenvalue weighted by molar-refractivity contribution is 0.0955. The Bertz CT molecular complexity index is 1440. The molecule has 2 aliphatic heterocycles. The van der Waals surface area contributed by atoms with Gasteiger partial charge in [-0.15, -0.1) is 0 Å². The molecule has 2 heterocycles. The van der Waals surface area contributed by atoms with Crippen molar-refractivity contribution >= 4 is 34.0 Å². The van der Waals surface area contributed by atoms with E-state index in [9.17, 15) is 13.6 Å². The van der Waals surface area contributed by atoms with E-state index in [4.69, 9.17) is 11.6 Å². The predicted octanol–water partition coefficient (Wildman–Crippen LogP) is 6.53. The average molecular weight is 475 g/mol. The number of amides is 1. The highest BCUT2D eigenvalue weighted by molar-refractivity contribution is 6.31. The molecule has 0 aromatic heterocycles. The van der Waals surface area contributed by atoms with Gasteiger partial charge in [-0.25, -0.2) is 8.78 Å². The Hall–Kier alpha value is -3.28. The van der Waals surface area contributed by atoms with Crippen LogP contribution in [0, 0.1) is 11.6 Å². The Kier molecular flexibility index (Phi) is 5.12. The molecule has 0 aliphatic carbocycles. The van der Waals surface area contributed by atoms with Crippen LogP contribution in [0.5, 0.6) is 0 Å². The molecule has 0 N–H and O–H groups in total. The average Bonchev–Trinajstić information content (AvgIpc) is 3.15. The molecule has 0 radical (unpaired) electrons. The van der Waals surface area contributed by atoms with Crippen LogP contribution in [0.4, 0.5) is 14.5 Å². The predicted molar refractivity (Wildman–Crippen MR) is 130 cm³/mol. The lowest BCUT2D eigenvalue weighted by Gasteiger charge is -2.39. The summed E-state index contributed by atoms with van der Waals surface area (Å²) in [5.74, 6) is -2.10. The van der Waals surface area contributed by atoms with Crippen LogP contribution in [0.3, 0.4) is 0 Å². The number of halogens is 3. The zero-order chi connectivity index (χ0) is 23.4. The van der Waals surface area contributed by atoms with Crippen molar-refractivity contribution in [2.75, 3.05) is 18.0 Å². The summed E-state index contributed by atoms with van der Waals surface area (Å²) in [6.07, 6.45) is 1.25. The topological polar surface area (TPSA) is 23.6 Å². The van der Waals surface area contributed by atoms with E-state index >= 15 is 0 Å². The SMILES string of the molecule is O=C1c2c3c(cc4cc(Cl)ccc24)CCN(CCc2ccccc2)C3N1c1ccc(F)c(F)c1. The van der Waals surface area contributed by atoms with E-state index in [1.807, 2.05) is 30.3 Å². The summed E-state index contributed by atoms with van der Waals surface area (Å²) in [5.41, 5.74) is 4.26. The van der Waals surface area contributed by atoms with Gasteiger partial charge in [0.05, 0.1) is 5.56 Å². The second-order valence-electron chi connectivity index (χ2n) is 8.86. The first kappa shape index (κ1) is 21.3. The molecular weight excluding hydrogens is 454 g/mol. The first-order valence-corrected chi connectivity index (χ1v) is 11.7. The van der Waals surface area contributed by atoms with E-state index in [2.05, 4.69) is 23.1 Å². The van der Waals surface area contributed by atoms with Crippen LogP contribution in [0.1, 0.15) is 33.2 Å². The molecule has 2 aliphatic rings. The molecule has 4 aromatic carbocycles. The van der Waals surface area contributed by atoms with Crippen molar-refractivity contribution in [1.29, 1.82) is 0 Å². The van der Waals surface area contributed by atoms with Gasteiger partial charge in [0.25, 0.3) is 5.91 Å². The van der Waals surface area contributed by atoms with E-state index in [0.717, 1.165) is 60.0 Å². The molecule has 170 valence electrons. The fourth-order valence-electron chi connectivity index (χ4n) is 5.32. The third-order valence-corrected chi connectivity index (χ3v) is 7.12. The fraction of sp³-hybridized carbons (Fsp3) is 0.179. The molecule has 0 saturated carbocycles. The van der Waals surface area contributed by atoms with Crippen LogP contribution in [0.25, 0.3) is 10.8 Å². The van der Waals surface area contributed by atoms with Gasteiger partial charge in [-0.1, -0.05) is 54.1 Å². The molecule has 6 rings (SSSR count). The maximum absolute atomic E-state index is 14.2. The number of rotatable bonds is 4. The summed E-state index contributed by atoms with van der Waals surface area (Å²) < 4.78 is 28.0. The number of fused-ring (bicyclic) bond motifs is 2. The smallest absolute Gasteiger partial charge is 0.260 e. The van der Waals surface area contributed by atoms with Crippen LogP contribution < -0.4 is 4.90 Å². The summed E-state index contributed by atoms with van der Waals surface area (Å²) in [4.78, 5) is 17.8. The van der Waals surface area contributed by atoms with Gasteiger partial charge in [-0.2, -0.15) is 0 Å². The zero-order valence-electron chi connectivity index (χ0n) is 18.3. The summed E-state index contributed by atoms with van der Waals surface area (Å²) in [7, 11) is 0. The maximum Gasteiger partial charge on any atom is 0.260 e. The third-order valence-electron chi connectivity index (χ3n) is 6.89. The number of nitrogens with zero attached hydrogens (tertiary/aromatic N) is 2. The molecule has 0 spiro atoms. The van der Waals surface area contributed by atoms with Crippen LogP contribution in [-0.2, 0) is 12.8 Å². The zero-order valence-corrected chi connectivity index (χ0v) is 19.0. The minimum Gasteiger partial charge on any atom is -0.288 e. The summed E-state index contributed by atoms with van der Waals surface area (Å²) >= 11 is 6.24. The minimum atomic E-state index is -0.968. The number of anilines is 1. The minimum absolute atomic E-state index is 0.202. The van der Waals surface area contributed by atoms with E-state index in [1.54, 1.807) is 11.0 Å². The standard InChI is InChI=1S/C28H21ClF2N2O/c29-20-6-8-22-19(15-20)14-18-11-13-32(12-10-17-4-2-1-3-5-17)27-25(18)26(22)28(34)33(27)21-7-9-23(30)24(31)16-21/h1-9,14-16,27H,10-13H2. The first-order valence-electron chi connectivity index (χ1n) is 11.3. The lowest BCUT2D eigenvalue weighted by Crippen LogP contribution is -2.44. The van der Waals surface area contributed by atoms with Gasteiger partial charge in [-0.05, 0) is 59.0 Å². The molecule has 4 aromatic rings. The highest BCUT2D eigenvalue weighted by Crippen LogP contribution is 2.47. The molecule has 1 atom stereocenters. The molecule has 0 saturated heterocycles. The van der Waals surface area contributed by atoms with E-state index in [0.29, 0.717) is 16.3 Å². The van der Waals surface area contributed by atoms with Gasteiger partial charge in [0, 0.05) is 35.4 Å². The molecule has 6 heteroatoms. The molecule has 3 nitrogen and oxygen atoms in total. The van der Waals surface area contributed by atoms with Gasteiger partial charge in [0.15, 0.2) is 11.6 Å². The van der Waals surface area contributed by atoms with Gasteiger partial charge in [-0.3, -0.25) is 14.6 Å². The highest BCUT2D eigenvalue weighted by Gasteiger charge is 2.45.